The summed E-state index contributed by atoms with van der Waals surface area (Å²) in [7, 11) is -5.70. The molecule has 134 valence electrons. The van der Waals surface area contributed by atoms with Gasteiger partial charge in [0.25, 0.3) is 9.84 Å². The summed E-state index contributed by atoms with van der Waals surface area (Å²) in [5.74, 6) is -1.11. The maximum atomic E-state index is 13.4. The third kappa shape index (κ3) is 3.54. The van der Waals surface area contributed by atoms with E-state index < -0.39 is 37.3 Å². The Balaban J connectivity index is 2.54. The van der Waals surface area contributed by atoms with Gasteiger partial charge in [0.15, 0.2) is 0 Å². The number of halogens is 5. The number of benzene rings is 2. The maximum absolute atomic E-state index is 13.4. The van der Waals surface area contributed by atoms with Gasteiger partial charge >= 0.3 is 5.51 Å². The molecule has 0 aliphatic carbocycles. The van der Waals surface area contributed by atoms with E-state index in [1.54, 1.807) is 0 Å². The Kier molecular flexibility index (Phi) is 4.96. The molecular formula is C14H9ClF4N2O3S. The first-order valence-electron chi connectivity index (χ1n) is 6.36. The number of nitrogen functional groups attached to an aromatic ring is 1. The van der Waals surface area contributed by atoms with Crippen molar-refractivity contribution in [1.82, 2.24) is 0 Å². The molecular weight excluding hydrogens is 388 g/mol. The molecule has 0 fully saturated rings. The van der Waals surface area contributed by atoms with E-state index in [2.05, 4.69) is 0 Å². The van der Waals surface area contributed by atoms with Crippen LogP contribution in [0.1, 0.15) is 5.56 Å². The summed E-state index contributed by atoms with van der Waals surface area (Å²) in [4.78, 5) is -1.20. The van der Waals surface area contributed by atoms with Crippen LogP contribution in [0.25, 0.3) is 0 Å². The molecule has 0 amide bonds. The summed E-state index contributed by atoms with van der Waals surface area (Å²) < 4.78 is 79.7. The van der Waals surface area contributed by atoms with Crippen LogP contribution < -0.4 is 10.5 Å². The molecule has 2 aromatic carbocycles. The molecule has 0 unspecified atom stereocenters. The molecule has 0 spiro atoms. The van der Waals surface area contributed by atoms with Crippen LogP contribution in [0, 0.1) is 11.2 Å². The number of hydrogen-bond acceptors (Lipinski definition) is 5. The van der Waals surface area contributed by atoms with E-state index in [1.807, 2.05) is 0 Å². The highest BCUT2D eigenvalue weighted by Gasteiger charge is 2.48. The Morgan fingerprint density at radius 2 is 1.84 bits per heavy atom. The van der Waals surface area contributed by atoms with Gasteiger partial charge in [-0.05, 0) is 24.3 Å². The van der Waals surface area contributed by atoms with Crippen LogP contribution in [-0.4, -0.2) is 20.1 Å². The van der Waals surface area contributed by atoms with E-state index in [1.165, 1.54) is 12.1 Å². The van der Waals surface area contributed by atoms with Gasteiger partial charge in [0.05, 0.1) is 21.2 Å². The van der Waals surface area contributed by atoms with Crippen molar-refractivity contribution in [3.8, 4) is 11.5 Å². The quantitative estimate of drug-likeness (QED) is 0.461. The summed E-state index contributed by atoms with van der Waals surface area (Å²) in [6, 6.07) is 4.86. The van der Waals surface area contributed by atoms with E-state index >= 15 is 0 Å². The zero-order valence-electron chi connectivity index (χ0n) is 12.1. The van der Waals surface area contributed by atoms with Gasteiger partial charge in [-0.3, -0.25) is 0 Å². The SMILES string of the molecule is N=Cc1c(Oc2ccc(Cl)c(F)c2)ccc(S(=O)(=O)C(F)(F)F)c1N. The van der Waals surface area contributed by atoms with Gasteiger partial charge in [0.1, 0.15) is 17.3 Å². The summed E-state index contributed by atoms with van der Waals surface area (Å²) in [6.45, 7) is 0. The van der Waals surface area contributed by atoms with Crippen molar-refractivity contribution >= 4 is 33.3 Å². The molecule has 0 aliphatic heterocycles. The first-order valence-corrected chi connectivity index (χ1v) is 8.22. The lowest BCUT2D eigenvalue weighted by molar-refractivity contribution is -0.0435. The van der Waals surface area contributed by atoms with Crippen molar-refractivity contribution in [3.05, 3.63) is 46.7 Å². The first kappa shape index (κ1) is 19.0. The summed E-state index contributed by atoms with van der Waals surface area (Å²) in [6.07, 6.45) is 0.534. The number of nitrogens with two attached hydrogens (primary N) is 1. The average Bonchev–Trinajstić information content (AvgIpc) is 2.50. The second kappa shape index (κ2) is 6.52. The molecule has 5 nitrogen and oxygen atoms in total. The second-order valence-electron chi connectivity index (χ2n) is 4.66. The van der Waals surface area contributed by atoms with Gasteiger partial charge in [-0.25, -0.2) is 12.8 Å². The predicted octanol–water partition coefficient (Wildman–Crippen LogP) is 4.14. The molecule has 11 heteroatoms. The molecule has 2 rings (SSSR count). The van der Waals surface area contributed by atoms with Crippen molar-refractivity contribution in [3.63, 3.8) is 0 Å². The fraction of sp³-hybridized carbons (Fsp3) is 0.0714. The maximum Gasteiger partial charge on any atom is 0.501 e. The Labute approximate surface area is 144 Å². The van der Waals surface area contributed by atoms with Crippen molar-refractivity contribution in [1.29, 1.82) is 5.41 Å². The Bertz CT molecular complexity index is 946. The summed E-state index contributed by atoms with van der Waals surface area (Å²) in [5, 5.41) is 7.09. The monoisotopic (exact) mass is 396 g/mol. The lowest BCUT2D eigenvalue weighted by Gasteiger charge is -2.15. The standard InChI is InChI=1S/C14H9ClF4N2O3S/c15-9-2-1-7(5-10(9)16)24-11-3-4-12(13(21)8(11)6-20)25(22,23)14(17,18)19/h1-6,20H,21H2. The third-order valence-electron chi connectivity index (χ3n) is 3.06. The van der Waals surface area contributed by atoms with Crippen LogP contribution in [0.2, 0.25) is 5.02 Å². The minimum atomic E-state index is -5.70. The highest BCUT2D eigenvalue weighted by Crippen LogP contribution is 2.38. The van der Waals surface area contributed by atoms with Crippen LogP contribution in [0.5, 0.6) is 11.5 Å². The molecule has 0 saturated heterocycles. The summed E-state index contributed by atoms with van der Waals surface area (Å²) in [5.41, 5.74) is -1.28. The molecule has 0 heterocycles. The largest absolute Gasteiger partial charge is 0.501 e. The van der Waals surface area contributed by atoms with Crippen LogP contribution in [0.4, 0.5) is 23.2 Å². The third-order valence-corrected chi connectivity index (χ3v) is 4.92. The topological polar surface area (TPSA) is 93.2 Å². The zero-order valence-corrected chi connectivity index (χ0v) is 13.6. The fourth-order valence-corrected chi connectivity index (χ4v) is 2.87. The molecule has 0 atom stereocenters. The molecule has 0 bridgehead atoms. The van der Waals surface area contributed by atoms with E-state index in [0.717, 1.165) is 12.1 Å². The van der Waals surface area contributed by atoms with Crippen molar-refractivity contribution in [2.45, 2.75) is 10.4 Å². The van der Waals surface area contributed by atoms with Crippen LogP contribution in [0.15, 0.2) is 35.2 Å². The number of sulfone groups is 1. The molecule has 0 aliphatic rings. The minimum absolute atomic E-state index is 0.0733. The van der Waals surface area contributed by atoms with E-state index in [4.69, 9.17) is 27.5 Å². The fourth-order valence-electron chi connectivity index (χ4n) is 1.86. The van der Waals surface area contributed by atoms with Gasteiger partial charge < -0.3 is 15.9 Å². The van der Waals surface area contributed by atoms with Crippen molar-refractivity contribution < 1.29 is 30.7 Å². The van der Waals surface area contributed by atoms with E-state index in [0.29, 0.717) is 12.3 Å². The van der Waals surface area contributed by atoms with Gasteiger partial charge in [-0.15, -0.1) is 0 Å². The minimum Gasteiger partial charge on any atom is -0.456 e. The predicted molar refractivity (Wildman–Crippen MR) is 83.5 cm³/mol. The number of alkyl halides is 3. The average molecular weight is 397 g/mol. The van der Waals surface area contributed by atoms with Crippen LogP contribution in [0.3, 0.4) is 0 Å². The van der Waals surface area contributed by atoms with Crippen molar-refractivity contribution in [2.75, 3.05) is 5.73 Å². The smallest absolute Gasteiger partial charge is 0.456 e. The van der Waals surface area contributed by atoms with Gasteiger partial charge in [0.2, 0.25) is 0 Å². The number of hydrogen-bond donors (Lipinski definition) is 2. The molecule has 2 aromatic rings. The molecule has 0 aromatic heterocycles. The lowest BCUT2D eigenvalue weighted by atomic mass is 10.1. The van der Waals surface area contributed by atoms with E-state index in [9.17, 15) is 26.0 Å². The molecule has 3 N–H and O–H groups in total. The number of rotatable bonds is 4. The molecule has 0 radical (unpaired) electrons. The van der Waals surface area contributed by atoms with Crippen molar-refractivity contribution in [2.24, 2.45) is 0 Å². The lowest BCUT2D eigenvalue weighted by Crippen LogP contribution is -2.24. The molecule has 25 heavy (non-hydrogen) atoms. The summed E-state index contributed by atoms with van der Waals surface area (Å²) >= 11 is 5.52. The van der Waals surface area contributed by atoms with Gasteiger partial charge in [0, 0.05) is 12.3 Å². The number of ether oxygens (including phenoxy) is 1. The second-order valence-corrected chi connectivity index (χ2v) is 6.98. The molecule has 0 saturated carbocycles. The van der Waals surface area contributed by atoms with E-state index in [-0.39, 0.29) is 16.5 Å². The zero-order chi connectivity index (χ0) is 19.0. The van der Waals surface area contributed by atoms with Crippen LogP contribution in [-0.2, 0) is 9.84 Å². The highest BCUT2D eigenvalue weighted by molar-refractivity contribution is 7.92. The normalized spacial score (nSPS) is 12.0. The van der Waals surface area contributed by atoms with Crippen LogP contribution >= 0.6 is 11.6 Å². The number of nitrogens with one attached hydrogen (secondary N) is 1. The first-order chi connectivity index (χ1) is 11.5. The van der Waals surface area contributed by atoms with Gasteiger partial charge in [-0.2, -0.15) is 13.2 Å². The highest BCUT2D eigenvalue weighted by atomic mass is 35.5. The Morgan fingerprint density at radius 1 is 1.20 bits per heavy atom. The number of anilines is 1. The van der Waals surface area contributed by atoms with Gasteiger partial charge in [-0.1, -0.05) is 11.6 Å². The Hall–Kier alpha value is -2.33. The Morgan fingerprint density at radius 3 is 2.36 bits per heavy atom.